The second kappa shape index (κ2) is 3.63. The van der Waals surface area contributed by atoms with Crippen molar-refractivity contribution in [2.75, 3.05) is 0 Å². The highest BCUT2D eigenvalue weighted by molar-refractivity contribution is 5.88. The molecule has 1 aliphatic rings. The van der Waals surface area contributed by atoms with Gasteiger partial charge >= 0.3 is 5.97 Å². The average Bonchev–Trinajstić information content (AvgIpc) is 2.94. The van der Waals surface area contributed by atoms with Gasteiger partial charge in [0.05, 0.1) is 5.56 Å². The number of aromatic nitrogens is 2. The topological polar surface area (TPSA) is 76.2 Å². The second-order valence-electron chi connectivity index (χ2n) is 4.27. The van der Waals surface area contributed by atoms with Gasteiger partial charge in [-0.1, -0.05) is 17.3 Å². The molecule has 0 atom stereocenters. The number of carboxylic acids is 1. The van der Waals surface area contributed by atoms with E-state index >= 15 is 0 Å². The van der Waals surface area contributed by atoms with Gasteiger partial charge < -0.3 is 9.63 Å². The quantitative estimate of drug-likeness (QED) is 0.902. The first-order valence-electron chi connectivity index (χ1n) is 5.45. The maximum Gasteiger partial charge on any atom is 0.335 e. The van der Waals surface area contributed by atoms with Gasteiger partial charge in [0.25, 0.3) is 5.89 Å². The fraction of sp³-hybridized carbons (Fsp3) is 0.250. The highest BCUT2D eigenvalue weighted by atomic mass is 19.1. The van der Waals surface area contributed by atoms with E-state index in [-0.39, 0.29) is 17.3 Å². The van der Waals surface area contributed by atoms with Gasteiger partial charge in [0.2, 0.25) is 5.82 Å². The summed E-state index contributed by atoms with van der Waals surface area (Å²) >= 11 is 0. The molecule has 1 saturated carbocycles. The van der Waals surface area contributed by atoms with Crippen LogP contribution in [0.2, 0.25) is 0 Å². The van der Waals surface area contributed by atoms with E-state index in [0.717, 1.165) is 0 Å². The lowest BCUT2D eigenvalue weighted by Gasteiger charge is -1.96. The third-order valence-electron chi connectivity index (χ3n) is 2.89. The number of benzene rings is 1. The number of aromatic carboxylic acids is 1. The largest absolute Gasteiger partial charge is 0.478 e. The van der Waals surface area contributed by atoms with Crippen LogP contribution in [0.15, 0.2) is 28.8 Å². The molecule has 0 amide bonds. The fourth-order valence-electron chi connectivity index (χ4n) is 1.61. The average molecular weight is 248 g/mol. The number of nitrogens with zero attached hydrogens (tertiary/aromatic N) is 2. The molecule has 0 saturated heterocycles. The Morgan fingerprint density at radius 3 is 2.56 bits per heavy atom. The van der Waals surface area contributed by atoms with Crippen LogP contribution in [-0.2, 0) is 5.67 Å². The number of hydrogen-bond acceptors (Lipinski definition) is 4. The van der Waals surface area contributed by atoms with Crippen molar-refractivity contribution < 1.29 is 18.8 Å². The minimum Gasteiger partial charge on any atom is -0.478 e. The van der Waals surface area contributed by atoms with Crippen LogP contribution < -0.4 is 0 Å². The fourth-order valence-corrected chi connectivity index (χ4v) is 1.61. The summed E-state index contributed by atoms with van der Waals surface area (Å²) in [5.41, 5.74) is -0.683. The molecule has 3 rings (SSSR count). The molecule has 1 N–H and O–H groups in total. The molecule has 1 heterocycles. The highest BCUT2D eigenvalue weighted by Crippen LogP contribution is 2.48. The maximum absolute atomic E-state index is 13.7. The molecule has 2 aromatic rings. The molecular weight excluding hydrogens is 239 g/mol. The first-order valence-corrected chi connectivity index (χ1v) is 5.45. The van der Waals surface area contributed by atoms with Gasteiger partial charge in [-0.2, -0.15) is 4.98 Å². The van der Waals surface area contributed by atoms with Crippen LogP contribution in [0.25, 0.3) is 11.4 Å². The van der Waals surface area contributed by atoms with Crippen molar-refractivity contribution in [2.45, 2.75) is 18.5 Å². The molecule has 92 valence electrons. The van der Waals surface area contributed by atoms with E-state index in [9.17, 15) is 9.18 Å². The summed E-state index contributed by atoms with van der Waals surface area (Å²) in [5.74, 6) is -0.735. The van der Waals surface area contributed by atoms with Gasteiger partial charge in [0.15, 0.2) is 5.67 Å². The zero-order valence-corrected chi connectivity index (χ0v) is 9.26. The van der Waals surface area contributed by atoms with E-state index in [1.54, 1.807) is 12.1 Å². The Morgan fingerprint density at radius 1 is 1.33 bits per heavy atom. The third kappa shape index (κ3) is 1.75. The zero-order valence-electron chi connectivity index (χ0n) is 9.26. The summed E-state index contributed by atoms with van der Waals surface area (Å²) < 4.78 is 18.5. The minimum atomic E-state index is -1.45. The van der Waals surface area contributed by atoms with Crippen molar-refractivity contribution >= 4 is 5.97 Å². The smallest absolute Gasteiger partial charge is 0.335 e. The lowest BCUT2D eigenvalue weighted by atomic mass is 10.1. The monoisotopic (exact) mass is 248 g/mol. The molecule has 1 fully saturated rings. The van der Waals surface area contributed by atoms with E-state index in [4.69, 9.17) is 9.63 Å². The molecular formula is C12H9FN2O3. The third-order valence-corrected chi connectivity index (χ3v) is 2.89. The minimum absolute atomic E-state index is 0.000175. The summed E-state index contributed by atoms with van der Waals surface area (Å²) in [5, 5.41) is 12.5. The van der Waals surface area contributed by atoms with Crippen molar-refractivity contribution in [2.24, 2.45) is 0 Å². The number of rotatable bonds is 3. The predicted octanol–water partition coefficient (Wildman–Crippen LogP) is 2.39. The number of alkyl halides is 1. The van der Waals surface area contributed by atoms with Gasteiger partial charge in [0, 0.05) is 5.56 Å². The molecule has 0 bridgehead atoms. The molecule has 6 heteroatoms. The van der Waals surface area contributed by atoms with Crippen molar-refractivity contribution in [1.29, 1.82) is 0 Å². The number of carbonyl (C=O) groups is 1. The normalized spacial score (nSPS) is 16.5. The van der Waals surface area contributed by atoms with Crippen molar-refractivity contribution in [3.63, 3.8) is 0 Å². The van der Waals surface area contributed by atoms with Crippen LogP contribution in [0, 0.1) is 0 Å². The summed E-state index contributed by atoms with van der Waals surface area (Å²) in [6.45, 7) is 0. The van der Waals surface area contributed by atoms with Gasteiger partial charge in [-0.15, -0.1) is 0 Å². The SMILES string of the molecule is O=C(O)c1ccc(-c2noc(C3(F)CC3)n2)cc1. The molecule has 0 spiro atoms. The molecule has 1 aromatic carbocycles. The van der Waals surface area contributed by atoms with Crippen molar-refractivity contribution in [3.05, 3.63) is 35.7 Å². The van der Waals surface area contributed by atoms with Crippen molar-refractivity contribution in [1.82, 2.24) is 10.1 Å². The standard InChI is InChI=1S/C12H9FN2O3/c13-12(5-6-12)11-14-9(15-18-11)7-1-3-8(4-2-7)10(16)17/h1-4H,5-6H2,(H,16,17). The van der Waals surface area contributed by atoms with Crippen LogP contribution >= 0.6 is 0 Å². The highest BCUT2D eigenvalue weighted by Gasteiger charge is 2.50. The number of carboxylic acid groups (broad SMARTS) is 1. The Hall–Kier alpha value is -2.24. The van der Waals surface area contributed by atoms with Crippen molar-refractivity contribution in [3.8, 4) is 11.4 Å². The Balaban J connectivity index is 1.90. The summed E-state index contributed by atoms with van der Waals surface area (Å²) in [6.07, 6.45) is 0.819. The van der Waals surface area contributed by atoms with Crippen LogP contribution in [0.3, 0.4) is 0 Å². The van der Waals surface area contributed by atoms with Crippen LogP contribution in [-0.4, -0.2) is 21.2 Å². The number of hydrogen-bond donors (Lipinski definition) is 1. The van der Waals surface area contributed by atoms with Gasteiger partial charge in [-0.05, 0) is 25.0 Å². The van der Waals surface area contributed by atoms with Crippen LogP contribution in [0.4, 0.5) is 4.39 Å². The van der Waals surface area contributed by atoms with E-state index in [2.05, 4.69) is 10.1 Å². The Labute approximate surface area is 101 Å². The zero-order chi connectivity index (χ0) is 12.8. The van der Waals surface area contributed by atoms with E-state index < -0.39 is 11.6 Å². The van der Waals surface area contributed by atoms with Crippen LogP contribution in [0.5, 0.6) is 0 Å². The van der Waals surface area contributed by atoms with Gasteiger partial charge in [0.1, 0.15) is 0 Å². The molecule has 18 heavy (non-hydrogen) atoms. The Morgan fingerprint density at radius 2 is 2.00 bits per heavy atom. The van der Waals surface area contributed by atoms with E-state index in [1.165, 1.54) is 12.1 Å². The molecule has 5 nitrogen and oxygen atoms in total. The first-order chi connectivity index (χ1) is 8.58. The predicted molar refractivity (Wildman–Crippen MR) is 58.7 cm³/mol. The summed E-state index contributed by atoms with van der Waals surface area (Å²) in [6, 6.07) is 6.01. The Kier molecular flexibility index (Phi) is 2.19. The molecule has 0 aliphatic heterocycles. The number of halogens is 1. The van der Waals surface area contributed by atoms with E-state index in [0.29, 0.717) is 18.4 Å². The molecule has 0 radical (unpaired) electrons. The maximum atomic E-state index is 13.7. The van der Waals surface area contributed by atoms with E-state index in [1.807, 2.05) is 0 Å². The molecule has 1 aliphatic carbocycles. The molecule has 0 unspecified atom stereocenters. The lowest BCUT2D eigenvalue weighted by Crippen LogP contribution is -1.97. The summed E-state index contributed by atoms with van der Waals surface area (Å²) in [7, 11) is 0. The summed E-state index contributed by atoms with van der Waals surface area (Å²) in [4.78, 5) is 14.7. The van der Waals surface area contributed by atoms with Gasteiger partial charge in [-0.3, -0.25) is 0 Å². The lowest BCUT2D eigenvalue weighted by molar-refractivity contribution is 0.0697. The molecule has 1 aromatic heterocycles. The van der Waals surface area contributed by atoms with Crippen LogP contribution in [0.1, 0.15) is 29.1 Å². The van der Waals surface area contributed by atoms with Gasteiger partial charge in [-0.25, -0.2) is 9.18 Å². The first kappa shape index (κ1) is 10.9. The second-order valence-corrected chi connectivity index (χ2v) is 4.27. The Bertz CT molecular complexity index is 602.